The number of fused-ring (bicyclic) bond motifs is 3. The lowest BCUT2D eigenvalue weighted by Crippen LogP contribution is -2.06. The van der Waals surface area contributed by atoms with Crippen molar-refractivity contribution in [2.45, 2.75) is 37.6 Å². The highest BCUT2D eigenvalue weighted by atomic mass is 35.5. The number of halogens is 1. The third kappa shape index (κ3) is 3.69. The number of anilines is 2. The van der Waals surface area contributed by atoms with Crippen LogP contribution in [-0.4, -0.2) is 28.2 Å². The maximum absolute atomic E-state index is 13.5. The molecule has 0 aliphatic rings. The van der Waals surface area contributed by atoms with E-state index in [1.165, 1.54) is 4.52 Å². The zero-order valence-electron chi connectivity index (χ0n) is 19.1. The molecule has 3 aromatic carbocycles. The Bertz CT molecular complexity index is 1710. The fourth-order valence-electron chi connectivity index (χ4n) is 3.91. The summed E-state index contributed by atoms with van der Waals surface area (Å²) in [5, 5.41) is 12.6. The van der Waals surface area contributed by atoms with Gasteiger partial charge in [-0.1, -0.05) is 40.6 Å². The maximum Gasteiger partial charge on any atom is 0.229 e. The molecular formula is C25H22ClN5O2S. The van der Waals surface area contributed by atoms with Gasteiger partial charge in [-0.25, -0.2) is 13.4 Å². The van der Waals surface area contributed by atoms with Gasteiger partial charge in [0.1, 0.15) is 5.82 Å². The molecule has 0 amide bonds. The molecule has 5 rings (SSSR count). The summed E-state index contributed by atoms with van der Waals surface area (Å²) in [6.07, 6.45) is 0. The van der Waals surface area contributed by atoms with Crippen LogP contribution in [0.4, 0.5) is 11.5 Å². The van der Waals surface area contributed by atoms with Gasteiger partial charge in [-0.3, -0.25) is 0 Å². The summed E-state index contributed by atoms with van der Waals surface area (Å²) in [4.78, 5) is 4.84. The fraction of sp³-hybridized carbons (Fsp3) is 0.160. The molecule has 7 nitrogen and oxygen atoms in total. The molecule has 0 unspecified atom stereocenters. The van der Waals surface area contributed by atoms with Crippen molar-refractivity contribution in [3.8, 4) is 0 Å². The zero-order valence-corrected chi connectivity index (χ0v) is 20.7. The van der Waals surface area contributed by atoms with Crippen LogP contribution in [0.1, 0.15) is 22.3 Å². The molecule has 34 heavy (non-hydrogen) atoms. The molecule has 1 N–H and O–H groups in total. The SMILES string of the molecule is Cc1ccc(Nc2nc3c(S(=O)(=O)c4ccc(C)c(C)c4)nnn3c3ccc(Cl)cc23)c(C)c1. The van der Waals surface area contributed by atoms with E-state index < -0.39 is 9.84 Å². The molecule has 0 bridgehead atoms. The first-order chi connectivity index (χ1) is 16.1. The van der Waals surface area contributed by atoms with Crippen molar-refractivity contribution in [3.05, 3.63) is 81.9 Å². The predicted octanol–water partition coefficient (Wildman–Crippen LogP) is 5.74. The second-order valence-corrected chi connectivity index (χ2v) is 10.7. The Kier molecular flexibility index (Phi) is 5.30. The van der Waals surface area contributed by atoms with E-state index in [0.717, 1.165) is 27.9 Å². The highest BCUT2D eigenvalue weighted by Crippen LogP contribution is 2.32. The van der Waals surface area contributed by atoms with Crippen molar-refractivity contribution < 1.29 is 8.42 Å². The Morgan fingerprint density at radius 1 is 0.882 bits per heavy atom. The minimum Gasteiger partial charge on any atom is -0.339 e. The summed E-state index contributed by atoms with van der Waals surface area (Å²) in [6, 6.07) is 16.3. The number of hydrogen-bond acceptors (Lipinski definition) is 6. The summed E-state index contributed by atoms with van der Waals surface area (Å²) in [5.41, 5.74) is 5.69. The quantitative estimate of drug-likeness (QED) is 0.344. The molecule has 2 heterocycles. The molecule has 9 heteroatoms. The molecule has 0 fully saturated rings. The van der Waals surface area contributed by atoms with Crippen LogP contribution in [0.2, 0.25) is 5.02 Å². The number of aromatic nitrogens is 4. The van der Waals surface area contributed by atoms with Crippen molar-refractivity contribution in [1.29, 1.82) is 0 Å². The molecule has 0 aliphatic carbocycles. The van der Waals surface area contributed by atoms with Gasteiger partial charge in [-0.05, 0) is 80.8 Å². The van der Waals surface area contributed by atoms with Crippen LogP contribution in [0.15, 0.2) is 64.5 Å². The summed E-state index contributed by atoms with van der Waals surface area (Å²) in [5.74, 6) is 0.468. The van der Waals surface area contributed by atoms with Crippen LogP contribution in [0.25, 0.3) is 16.6 Å². The standard InChI is InChI=1S/C25H22ClN5O2S/c1-14-5-9-21(17(4)11-14)27-23-20-13-18(26)7-10-22(20)31-24(28-23)25(29-30-31)34(32,33)19-8-6-15(2)16(3)12-19/h5-13H,1-4H3,(H,27,28). The number of nitrogens with zero attached hydrogens (tertiary/aromatic N) is 4. The Morgan fingerprint density at radius 3 is 2.41 bits per heavy atom. The maximum atomic E-state index is 13.5. The van der Waals surface area contributed by atoms with Gasteiger partial charge in [0.2, 0.25) is 14.9 Å². The molecular weight excluding hydrogens is 470 g/mol. The first-order valence-corrected chi connectivity index (χ1v) is 12.5. The summed E-state index contributed by atoms with van der Waals surface area (Å²) in [6.45, 7) is 7.83. The van der Waals surface area contributed by atoms with Gasteiger partial charge in [0.15, 0.2) is 5.65 Å². The third-order valence-electron chi connectivity index (χ3n) is 5.95. The van der Waals surface area contributed by atoms with Crippen molar-refractivity contribution in [3.63, 3.8) is 0 Å². The zero-order chi connectivity index (χ0) is 24.2. The monoisotopic (exact) mass is 491 g/mol. The minimum absolute atomic E-state index is 0.139. The second kappa shape index (κ2) is 8.07. The van der Waals surface area contributed by atoms with E-state index >= 15 is 0 Å². The third-order valence-corrected chi connectivity index (χ3v) is 7.84. The van der Waals surface area contributed by atoms with Crippen LogP contribution in [0, 0.1) is 27.7 Å². The minimum atomic E-state index is -3.95. The lowest BCUT2D eigenvalue weighted by atomic mass is 10.1. The van der Waals surface area contributed by atoms with Crippen LogP contribution in [-0.2, 0) is 9.84 Å². The van der Waals surface area contributed by atoms with E-state index in [-0.39, 0.29) is 15.6 Å². The van der Waals surface area contributed by atoms with Gasteiger partial charge in [0.05, 0.1) is 10.4 Å². The average Bonchev–Trinajstić information content (AvgIpc) is 3.22. The van der Waals surface area contributed by atoms with E-state index in [2.05, 4.69) is 26.7 Å². The van der Waals surface area contributed by atoms with Gasteiger partial charge in [0.25, 0.3) is 0 Å². The Morgan fingerprint density at radius 2 is 1.68 bits per heavy atom. The normalized spacial score (nSPS) is 11.9. The first kappa shape index (κ1) is 22.3. The molecule has 0 radical (unpaired) electrons. The Hall–Kier alpha value is -3.49. The van der Waals surface area contributed by atoms with Crippen molar-refractivity contribution in [2.24, 2.45) is 0 Å². The largest absolute Gasteiger partial charge is 0.339 e. The highest BCUT2D eigenvalue weighted by Gasteiger charge is 2.27. The number of aryl methyl sites for hydroxylation is 4. The van der Waals surface area contributed by atoms with E-state index in [4.69, 9.17) is 11.6 Å². The molecule has 5 aromatic rings. The Balaban J connectivity index is 1.76. The highest BCUT2D eigenvalue weighted by molar-refractivity contribution is 7.91. The lowest BCUT2D eigenvalue weighted by Gasteiger charge is -2.13. The van der Waals surface area contributed by atoms with Crippen molar-refractivity contribution in [2.75, 3.05) is 5.32 Å². The molecule has 0 saturated carbocycles. The average molecular weight is 492 g/mol. The molecule has 2 aromatic heterocycles. The Labute approximate surface area is 202 Å². The number of rotatable bonds is 4. The van der Waals surface area contributed by atoms with E-state index in [0.29, 0.717) is 21.7 Å². The van der Waals surface area contributed by atoms with Crippen LogP contribution < -0.4 is 5.32 Å². The van der Waals surface area contributed by atoms with Gasteiger partial charge in [0, 0.05) is 16.1 Å². The van der Waals surface area contributed by atoms with E-state index in [9.17, 15) is 8.42 Å². The molecule has 172 valence electrons. The van der Waals surface area contributed by atoms with Crippen molar-refractivity contribution >= 4 is 49.5 Å². The van der Waals surface area contributed by atoms with Gasteiger partial charge < -0.3 is 5.32 Å². The molecule has 0 saturated heterocycles. The van der Waals surface area contributed by atoms with Crippen LogP contribution in [0.5, 0.6) is 0 Å². The summed E-state index contributed by atoms with van der Waals surface area (Å²) < 4.78 is 28.5. The van der Waals surface area contributed by atoms with Gasteiger partial charge >= 0.3 is 0 Å². The topological polar surface area (TPSA) is 89.2 Å². The predicted molar refractivity (Wildman–Crippen MR) is 134 cm³/mol. The van der Waals surface area contributed by atoms with Crippen LogP contribution in [0.3, 0.4) is 0 Å². The smallest absolute Gasteiger partial charge is 0.229 e. The van der Waals surface area contributed by atoms with Gasteiger partial charge in [-0.15, -0.1) is 5.10 Å². The van der Waals surface area contributed by atoms with E-state index in [1.54, 1.807) is 36.4 Å². The first-order valence-electron chi connectivity index (χ1n) is 10.7. The number of benzene rings is 3. The summed E-state index contributed by atoms with van der Waals surface area (Å²) in [7, 11) is -3.95. The van der Waals surface area contributed by atoms with Crippen LogP contribution >= 0.6 is 11.6 Å². The number of sulfone groups is 1. The molecule has 0 aliphatic heterocycles. The molecule has 0 atom stereocenters. The number of hydrogen-bond donors (Lipinski definition) is 1. The lowest BCUT2D eigenvalue weighted by molar-refractivity contribution is 0.592. The van der Waals surface area contributed by atoms with Gasteiger partial charge in [-0.2, -0.15) is 4.52 Å². The summed E-state index contributed by atoms with van der Waals surface area (Å²) >= 11 is 6.29. The second-order valence-electron chi connectivity index (χ2n) is 8.44. The van der Waals surface area contributed by atoms with Crippen molar-refractivity contribution in [1.82, 2.24) is 19.8 Å². The van der Waals surface area contributed by atoms with E-state index in [1.807, 2.05) is 39.8 Å². The number of nitrogens with one attached hydrogen (secondary N) is 1. The molecule has 0 spiro atoms. The fourth-order valence-corrected chi connectivity index (χ4v) is 5.40.